The molecule has 0 amide bonds. The molecule has 1 unspecified atom stereocenters. The van der Waals surface area contributed by atoms with Gasteiger partial charge in [0.2, 0.25) is 5.82 Å². The van der Waals surface area contributed by atoms with E-state index in [-0.39, 0.29) is 17.5 Å². The average Bonchev–Trinajstić information content (AvgIpc) is 2.20. The Balaban J connectivity index is 3.01. The van der Waals surface area contributed by atoms with Crippen molar-refractivity contribution in [2.45, 2.75) is 19.9 Å². The minimum absolute atomic E-state index is 0.0182. The van der Waals surface area contributed by atoms with Crippen molar-refractivity contribution in [2.75, 3.05) is 11.9 Å². The molecule has 0 aliphatic carbocycles. The van der Waals surface area contributed by atoms with Gasteiger partial charge in [-0.3, -0.25) is 10.1 Å². The third-order valence-electron chi connectivity index (χ3n) is 1.94. The van der Waals surface area contributed by atoms with Crippen molar-refractivity contribution in [1.82, 2.24) is 4.98 Å². The van der Waals surface area contributed by atoms with Gasteiger partial charge in [-0.15, -0.1) is 0 Å². The Labute approximate surface area is 87.7 Å². The van der Waals surface area contributed by atoms with Gasteiger partial charge in [-0.2, -0.15) is 0 Å². The second-order valence-electron chi connectivity index (χ2n) is 3.42. The summed E-state index contributed by atoms with van der Waals surface area (Å²) in [6.07, 6.45) is 1.58. The van der Waals surface area contributed by atoms with Gasteiger partial charge in [0.05, 0.1) is 4.92 Å². The Morgan fingerprint density at radius 1 is 1.73 bits per heavy atom. The van der Waals surface area contributed by atoms with Gasteiger partial charge in [-0.25, -0.2) is 4.98 Å². The minimum atomic E-state index is -0.453. The Bertz CT molecular complexity index is 367. The van der Waals surface area contributed by atoms with Gasteiger partial charge in [0.25, 0.3) is 0 Å². The van der Waals surface area contributed by atoms with Gasteiger partial charge >= 0.3 is 5.69 Å². The van der Waals surface area contributed by atoms with Crippen LogP contribution in [-0.4, -0.2) is 22.5 Å². The summed E-state index contributed by atoms with van der Waals surface area (Å²) in [6, 6.07) is 1.44. The molecule has 3 N–H and O–H groups in total. The SMILES string of the molecule is Cc1cnc(NC(C)CN)c([N+](=O)[O-])c1. The summed E-state index contributed by atoms with van der Waals surface area (Å²) in [4.78, 5) is 14.3. The highest BCUT2D eigenvalue weighted by atomic mass is 16.6. The molecule has 0 aliphatic rings. The van der Waals surface area contributed by atoms with E-state index in [9.17, 15) is 10.1 Å². The normalized spacial score (nSPS) is 12.2. The Morgan fingerprint density at radius 3 is 2.93 bits per heavy atom. The van der Waals surface area contributed by atoms with Gasteiger partial charge in [0.1, 0.15) is 0 Å². The number of rotatable bonds is 4. The number of nitrogens with one attached hydrogen (secondary N) is 1. The first-order chi connectivity index (χ1) is 7.04. The van der Waals surface area contributed by atoms with Crippen molar-refractivity contribution in [3.8, 4) is 0 Å². The number of nitrogens with two attached hydrogens (primary N) is 1. The highest BCUT2D eigenvalue weighted by Crippen LogP contribution is 2.22. The molecule has 0 radical (unpaired) electrons. The first-order valence-electron chi connectivity index (χ1n) is 4.62. The first kappa shape index (κ1) is 11.4. The van der Waals surface area contributed by atoms with Gasteiger partial charge in [0.15, 0.2) is 0 Å². The molecule has 0 aliphatic heterocycles. The molecule has 0 saturated heterocycles. The summed E-state index contributed by atoms with van der Waals surface area (Å²) in [5.41, 5.74) is 6.15. The number of nitrogens with zero attached hydrogens (tertiary/aromatic N) is 2. The molecule has 0 spiro atoms. The predicted octanol–water partition coefficient (Wildman–Crippen LogP) is 1.06. The lowest BCUT2D eigenvalue weighted by Gasteiger charge is -2.11. The van der Waals surface area contributed by atoms with Crippen molar-refractivity contribution in [3.05, 3.63) is 27.9 Å². The molecule has 1 aromatic heterocycles. The molecule has 6 nitrogen and oxygen atoms in total. The molecule has 15 heavy (non-hydrogen) atoms. The van der Waals surface area contributed by atoms with E-state index in [0.717, 1.165) is 5.56 Å². The molecule has 0 fully saturated rings. The summed E-state index contributed by atoms with van der Waals surface area (Å²) in [5.74, 6) is 0.267. The quantitative estimate of drug-likeness (QED) is 0.572. The van der Waals surface area contributed by atoms with Crippen molar-refractivity contribution in [1.29, 1.82) is 0 Å². The lowest BCUT2D eigenvalue weighted by atomic mass is 10.2. The molecule has 0 aromatic carbocycles. The topological polar surface area (TPSA) is 94.1 Å². The monoisotopic (exact) mass is 210 g/mol. The number of aryl methyl sites for hydroxylation is 1. The maximum atomic E-state index is 10.7. The van der Waals surface area contributed by atoms with E-state index in [4.69, 9.17) is 5.73 Å². The van der Waals surface area contributed by atoms with Crippen LogP contribution < -0.4 is 11.1 Å². The maximum Gasteiger partial charge on any atom is 0.311 e. The van der Waals surface area contributed by atoms with Crippen LogP contribution in [0.3, 0.4) is 0 Å². The molecule has 1 heterocycles. The average molecular weight is 210 g/mol. The summed E-state index contributed by atoms with van der Waals surface area (Å²) in [6.45, 7) is 3.99. The third kappa shape index (κ3) is 2.88. The molecular formula is C9H14N4O2. The second kappa shape index (κ2) is 4.70. The summed E-state index contributed by atoms with van der Waals surface area (Å²) in [5, 5.41) is 13.6. The van der Waals surface area contributed by atoms with Crippen molar-refractivity contribution < 1.29 is 4.92 Å². The molecule has 0 saturated carbocycles. The van der Waals surface area contributed by atoms with Crippen LogP contribution in [-0.2, 0) is 0 Å². The number of hydrogen-bond acceptors (Lipinski definition) is 5. The van der Waals surface area contributed by atoms with E-state index >= 15 is 0 Å². The number of anilines is 1. The number of pyridine rings is 1. The molecular weight excluding hydrogens is 196 g/mol. The molecule has 6 heteroatoms. The smallest absolute Gasteiger partial charge is 0.311 e. The molecule has 0 bridgehead atoms. The van der Waals surface area contributed by atoms with Crippen molar-refractivity contribution in [3.63, 3.8) is 0 Å². The lowest BCUT2D eigenvalue weighted by molar-refractivity contribution is -0.384. The largest absolute Gasteiger partial charge is 0.361 e. The molecule has 82 valence electrons. The fourth-order valence-corrected chi connectivity index (χ4v) is 1.10. The van der Waals surface area contributed by atoms with Crippen LogP contribution in [0.15, 0.2) is 12.3 Å². The van der Waals surface area contributed by atoms with Crippen LogP contribution in [0, 0.1) is 17.0 Å². The number of nitro groups is 1. The number of aromatic nitrogens is 1. The van der Waals surface area contributed by atoms with E-state index in [0.29, 0.717) is 6.54 Å². The summed E-state index contributed by atoms with van der Waals surface area (Å²) in [7, 11) is 0. The zero-order valence-corrected chi connectivity index (χ0v) is 8.73. The fourth-order valence-electron chi connectivity index (χ4n) is 1.10. The zero-order valence-electron chi connectivity index (χ0n) is 8.73. The van der Waals surface area contributed by atoms with E-state index in [1.165, 1.54) is 6.07 Å². The van der Waals surface area contributed by atoms with Crippen LogP contribution >= 0.6 is 0 Å². The van der Waals surface area contributed by atoms with E-state index in [1.807, 2.05) is 6.92 Å². The van der Waals surface area contributed by atoms with E-state index in [1.54, 1.807) is 13.1 Å². The Morgan fingerprint density at radius 2 is 2.40 bits per heavy atom. The Hall–Kier alpha value is -1.69. The highest BCUT2D eigenvalue weighted by Gasteiger charge is 2.16. The standard InChI is InChI=1S/C9H14N4O2/c1-6-3-8(13(14)15)9(11-5-6)12-7(2)4-10/h3,5,7H,4,10H2,1-2H3,(H,11,12). The zero-order chi connectivity index (χ0) is 11.4. The van der Waals surface area contributed by atoms with Crippen LogP contribution in [0.2, 0.25) is 0 Å². The third-order valence-corrected chi connectivity index (χ3v) is 1.94. The first-order valence-corrected chi connectivity index (χ1v) is 4.62. The van der Waals surface area contributed by atoms with E-state index < -0.39 is 4.92 Å². The molecule has 1 atom stereocenters. The molecule has 1 aromatic rings. The minimum Gasteiger partial charge on any atom is -0.361 e. The maximum absolute atomic E-state index is 10.7. The van der Waals surface area contributed by atoms with Crippen molar-refractivity contribution in [2.24, 2.45) is 5.73 Å². The van der Waals surface area contributed by atoms with Crippen molar-refractivity contribution >= 4 is 11.5 Å². The van der Waals surface area contributed by atoms with E-state index in [2.05, 4.69) is 10.3 Å². The lowest BCUT2D eigenvalue weighted by Crippen LogP contribution is -2.26. The van der Waals surface area contributed by atoms with Crippen LogP contribution in [0.1, 0.15) is 12.5 Å². The van der Waals surface area contributed by atoms with Crippen LogP contribution in [0.25, 0.3) is 0 Å². The fraction of sp³-hybridized carbons (Fsp3) is 0.444. The Kier molecular flexibility index (Phi) is 3.56. The van der Waals surface area contributed by atoms with Gasteiger partial charge < -0.3 is 11.1 Å². The number of hydrogen-bond donors (Lipinski definition) is 2. The summed E-state index contributed by atoms with van der Waals surface area (Å²) >= 11 is 0. The van der Waals surface area contributed by atoms with Crippen LogP contribution in [0.5, 0.6) is 0 Å². The molecule has 1 rings (SSSR count). The van der Waals surface area contributed by atoms with Gasteiger partial charge in [-0.05, 0) is 19.4 Å². The van der Waals surface area contributed by atoms with Crippen LogP contribution in [0.4, 0.5) is 11.5 Å². The summed E-state index contributed by atoms with van der Waals surface area (Å²) < 4.78 is 0. The predicted molar refractivity (Wildman–Crippen MR) is 57.8 cm³/mol. The van der Waals surface area contributed by atoms with Gasteiger partial charge in [-0.1, -0.05) is 0 Å². The highest BCUT2D eigenvalue weighted by molar-refractivity contribution is 5.56. The van der Waals surface area contributed by atoms with Gasteiger partial charge in [0, 0.05) is 24.8 Å². The second-order valence-corrected chi connectivity index (χ2v) is 3.42.